The number of ether oxygens (including phenoxy) is 1. The van der Waals surface area contributed by atoms with Gasteiger partial charge >= 0.3 is 6.09 Å². The number of nitrogens with one attached hydrogen (secondary N) is 2. The molecule has 4 rings (SSSR count). The zero-order valence-corrected chi connectivity index (χ0v) is 13.2. The Kier molecular flexibility index (Phi) is 3.57. The summed E-state index contributed by atoms with van der Waals surface area (Å²) in [5, 5.41) is 21.2. The first kappa shape index (κ1) is 15.1. The Labute approximate surface area is 143 Å². The molecular weight excluding hydrogens is 320 g/mol. The van der Waals surface area contributed by atoms with Crippen LogP contribution in [-0.2, 0) is 4.74 Å². The zero-order valence-electron chi connectivity index (χ0n) is 13.2. The second kappa shape index (κ2) is 5.90. The van der Waals surface area contributed by atoms with Gasteiger partial charge in [0.05, 0.1) is 0 Å². The first-order chi connectivity index (χ1) is 12.1. The van der Waals surface area contributed by atoms with Gasteiger partial charge in [0.1, 0.15) is 12.3 Å². The number of H-pyrrole nitrogens is 1. The van der Waals surface area contributed by atoms with E-state index in [4.69, 9.17) is 4.74 Å². The first-order valence-electron chi connectivity index (χ1n) is 7.86. The van der Waals surface area contributed by atoms with Crippen molar-refractivity contribution in [2.45, 2.75) is 5.92 Å². The van der Waals surface area contributed by atoms with Crippen LogP contribution >= 0.6 is 0 Å². The lowest BCUT2D eigenvalue weighted by atomic mass is 9.98. The molecule has 0 fully saturated rings. The molecule has 0 saturated heterocycles. The highest BCUT2D eigenvalue weighted by Crippen LogP contribution is 2.44. The number of carbonyl (C=O) groups excluding carboxylic acids is 1. The number of carbonyl (C=O) groups is 1. The molecule has 1 amide bonds. The van der Waals surface area contributed by atoms with Gasteiger partial charge in [-0.2, -0.15) is 0 Å². The van der Waals surface area contributed by atoms with Crippen molar-refractivity contribution >= 4 is 11.8 Å². The summed E-state index contributed by atoms with van der Waals surface area (Å²) in [7, 11) is 0. The first-order valence-corrected chi connectivity index (χ1v) is 7.86. The number of aromatic hydroxyl groups is 2. The monoisotopic (exact) mass is 336 g/mol. The van der Waals surface area contributed by atoms with E-state index in [1.54, 1.807) is 0 Å². The van der Waals surface area contributed by atoms with Crippen LogP contribution in [0.3, 0.4) is 0 Å². The van der Waals surface area contributed by atoms with Gasteiger partial charge in [-0.3, -0.25) is 10.3 Å². The van der Waals surface area contributed by atoms with Crippen LogP contribution in [0.1, 0.15) is 17.0 Å². The highest BCUT2D eigenvalue weighted by atomic mass is 16.5. The smallest absolute Gasteiger partial charge is 0.411 e. The minimum atomic E-state index is -0.698. The lowest BCUT2D eigenvalue weighted by Gasteiger charge is -2.14. The fraction of sp³-hybridized carbons (Fsp3) is 0.105. The van der Waals surface area contributed by atoms with Crippen LogP contribution < -0.4 is 5.32 Å². The van der Waals surface area contributed by atoms with E-state index in [9.17, 15) is 15.0 Å². The molecule has 0 aliphatic heterocycles. The maximum absolute atomic E-state index is 12.0. The van der Waals surface area contributed by atoms with Crippen molar-refractivity contribution in [3.05, 3.63) is 65.7 Å². The summed E-state index contributed by atoms with van der Waals surface area (Å²) in [6.45, 7) is 0.178. The average molecular weight is 336 g/mol. The van der Waals surface area contributed by atoms with E-state index in [0.29, 0.717) is 0 Å². The van der Waals surface area contributed by atoms with Gasteiger partial charge in [0.25, 0.3) is 0 Å². The van der Waals surface area contributed by atoms with E-state index in [0.717, 1.165) is 22.3 Å². The van der Waals surface area contributed by atoms with Crippen LogP contribution in [0.4, 0.5) is 10.5 Å². The maximum atomic E-state index is 12.0. The number of benzene rings is 2. The molecule has 0 bridgehead atoms. The minimum absolute atomic E-state index is 0.0358. The van der Waals surface area contributed by atoms with Crippen LogP contribution in [0.5, 0.6) is 11.8 Å². The topological polar surface area (TPSA) is 94.6 Å². The molecule has 6 heteroatoms. The number of anilines is 1. The van der Waals surface area contributed by atoms with E-state index in [1.807, 2.05) is 36.4 Å². The standard InChI is InChI=1S/C19H16N2O4/c22-17-9-16(18(23)21-17)20-19(24)25-10-15-13-7-3-1-5-11(13)12-6-2-4-8-14(12)15/h1-9,15,21-23H,10H2,(H,20,24). The van der Waals surface area contributed by atoms with Crippen molar-refractivity contribution in [3.8, 4) is 22.9 Å². The summed E-state index contributed by atoms with van der Waals surface area (Å²) < 4.78 is 5.35. The Morgan fingerprint density at radius 3 is 2.20 bits per heavy atom. The van der Waals surface area contributed by atoms with E-state index in [2.05, 4.69) is 22.4 Å². The van der Waals surface area contributed by atoms with Gasteiger partial charge in [0, 0.05) is 12.0 Å². The summed E-state index contributed by atoms with van der Waals surface area (Å²) in [6, 6.07) is 17.3. The summed E-state index contributed by atoms with van der Waals surface area (Å²) in [4.78, 5) is 14.3. The Morgan fingerprint density at radius 2 is 1.64 bits per heavy atom. The van der Waals surface area contributed by atoms with Crippen molar-refractivity contribution < 1.29 is 19.7 Å². The molecule has 25 heavy (non-hydrogen) atoms. The van der Waals surface area contributed by atoms with Gasteiger partial charge in [0.15, 0.2) is 5.88 Å². The number of fused-ring (bicyclic) bond motifs is 3. The highest BCUT2D eigenvalue weighted by molar-refractivity contribution is 5.87. The summed E-state index contributed by atoms with van der Waals surface area (Å²) in [5.41, 5.74) is 4.62. The minimum Gasteiger partial charge on any atom is -0.494 e. The molecule has 3 aromatic rings. The Hall–Kier alpha value is -3.41. The molecule has 2 aromatic carbocycles. The third kappa shape index (κ3) is 2.67. The van der Waals surface area contributed by atoms with E-state index in [-0.39, 0.29) is 30.0 Å². The van der Waals surface area contributed by atoms with Crippen LogP contribution in [0, 0.1) is 0 Å². The fourth-order valence-corrected chi connectivity index (χ4v) is 3.27. The van der Waals surface area contributed by atoms with E-state index >= 15 is 0 Å². The number of rotatable bonds is 3. The molecule has 0 radical (unpaired) electrons. The van der Waals surface area contributed by atoms with Crippen molar-refractivity contribution in [1.29, 1.82) is 0 Å². The summed E-state index contributed by atoms with van der Waals surface area (Å²) in [6.07, 6.45) is -0.698. The van der Waals surface area contributed by atoms with E-state index < -0.39 is 6.09 Å². The normalized spacial score (nSPS) is 12.5. The van der Waals surface area contributed by atoms with Gasteiger partial charge in [-0.1, -0.05) is 48.5 Å². The second-order valence-corrected chi connectivity index (χ2v) is 5.87. The highest BCUT2D eigenvalue weighted by Gasteiger charge is 2.29. The van der Waals surface area contributed by atoms with Gasteiger partial charge in [-0.05, 0) is 22.3 Å². The van der Waals surface area contributed by atoms with Crippen LogP contribution in [0.25, 0.3) is 11.1 Å². The second-order valence-electron chi connectivity index (χ2n) is 5.87. The molecule has 4 N–H and O–H groups in total. The lowest BCUT2D eigenvalue weighted by molar-refractivity contribution is 0.158. The predicted octanol–water partition coefficient (Wildman–Crippen LogP) is 3.79. The number of hydrogen-bond acceptors (Lipinski definition) is 4. The Morgan fingerprint density at radius 1 is 1.04 bits per heavy atom. The molecule has 1 aliphatic carbocycles. The largest absolute Gasteiger partial charge is 0.494 e. The molecule has 0 spiro atoms. The molecule has 6 nitrogen and oxygen atoms in total. The molecule has 0 atom stereocenters. The van der Waals surface area contributed by atoms with Crippen molar-refractivity contribution in [2.24, 2.45) is 0 Å². The fourth-order valence-electron chi connectivity index (χ4n) is 3.27. The molecule has 1 heterocycles. The third-order valence-electron chi connectivity index (χ3n) is 4.36. The van der Waals surface area contributed by atoms with Gasteiger partial charge in [-0.25, -0.2) is 4.79 Å². The lowest BCUT2D eigenvalue weighted by Crippen LogP contribution is -2.17. The maximum Gasteiger partial charge on any atom is 0.411 e. The van der Waals surface area contributed by atoms with Gasteiger partial charge in [-0.15, -0.1) is 0 Å². The molecule has 1 aromatic heterocycles. The molecule has 0 unspecified atom stereocenters. The number of amides is 1. The van der Waals surface area contributed by atoms with Crippen LogP contribution in [-0.4, -0.2) is 27.9 Å². The van der Waals surface area contributed by atoms with Crippen molar-refractivity contribution in [1.82, 2.24) is 4.98 Å². The summed E-state index contributed by atoms with van der Waals surface area (Å²) in [5.74, 6) is -0.608. The quantitative estimate of drug-likeness (QED) is 0.585. The molecule has 0 saturated carbocycles. The van der Waals surface area contributed by atoms with Crippen molar-refractivity contribution in [3.63, 3.8) is 0 Å². The van der Waals surface area contributed by atoms with Crippen LogP contribution in [0.15, 0.2) is 54.6 Å². The Balaban J connectivity index is 1.51. The van der Waals surface area contributed by atoms with Crippen molar-refractivity contribution in [2.75, 3.05) is 11.9 Å². The zero-order chi connectivity index (χ0) is 17.4. The van der Waals surface area contributed by atoms with Crippen LogP contribution in [0.2, 0.25) is 0 Å². The molecule has 126 valence electrons. The van der Waals surface area contributed by atoms with Gasteiger partial charge in [0.2, 0.25) is 5.88 Å². The van der Waals surface area contributed by atoms with Gasteiger partial charge < -0.3 is 14.9 Å². The number of aromatic nitrogens is 1. The third-order valence-corrected chi connectivity index (χ3v) is 4.36. The average Bonchev–Trinajstić information content (AvgIpc) is 3.10. The molecular formula is C19H16N2O4. The summed E-state index contributed by atoms with van der Waals surface area (Å²) >= 11 is 0. The SMILES string of the molecule is O=C(Nc1cc(O)[nH]c1O)OCC1c2ccccc2-c2ccccc21. The Bertz CT molecular complexity index is 903. The predicted molar refractivity (Wildman–Crippen MR) is 92.8 cm³/mol. The van der Waals surface area contributed by atoms with E-state index in [1.165, 1.54) is 6.07 Å². The molecule has 1 aliphatic rings. The number of hydrogen-bond donors (Lipinski definition) is 4. The number of aromatic amines is 1.